The molecule has 5 nitrogen and oxygen atoms in total. The van der Waals surface area contributed by atoms with Crippen LogP contribution in [0.3, 0.4) is 0 Å². The van der Waals surface area contributed by atoms with Crippen LogP contribution in [0.2, 0.25) is 5.02 Å². The second-order valence-corrected chi connectivity index (χ2v) is 7.40. The molecule has 1 saturated heterocycles. The van der Waals surface area contributed by atoms with Gasteiger partial charge in [-0.15, -0.1) is 0 Å². The number of carbonyl (C=O) groups is 1. The summed E-state index contributed by atoms with van der Waals surface area (Å²) in [5.41, 5.74) is 0.766. The maximum Gasteiger partial charge on any atom is 0.245 e. The van der Waals surface area contributed by atoms with E-state index in [1.165, 1.54) is 12.1 Å². The molecule has 0 unspecified atom stereocenters. The predicted molar refractivity (Wildman–Crippen MR) is 89.0 cm³/mol. The van der Waals surface area contributed by atoms with Crippen molar-refractivity contribution in [3.05, 3.63) is 59.6 Å². The fraction of sp³-hybridized carbons (Fsp3) is 0.188. The van der Waals surface area contributed by atoms with E-state index in [2.05, 4.69) is 4.72 Å². The van der Waals surface area contributed by atoms with Gasteiger partial charge in [0.15, 0.2) is 0 Å². The molecule has 0 saturated carbocycles. The van der Waals surface area contributed by atoms with Crippen LogP contribution < -0.4 is 9.62 Å². The van der Waals surface area contributed by atoms with Crippen molar-refractivity contribution >= 4 is 33.2 Å². The maximum atomic E-state index is 12.5. The van der Waals surface area contributed by atoms with Crippen LogP contribution in [0, 0.1) is 0 Å². The number of anilines is 1. The van der Waals surface area contributed by atoms with Gasteiger partial charge in [0.1, 0.15) is 6.04 Å². The molecule has 23 heavy (non-hydrogen) atoms. The molecule has 1 atom stereocenters. The fourth-order valence-electron chi connectivity index (χ4n) is 2.54. The molecule has 1 aliphatic heterocycles. The minimum Gasteiger partial charge on any atom is -0.311 e. The van der Waals surface area contributed by atoms with Crippen molar-refractivity contribution in [1.29, 1.82) is 0 Å². The van der Waals surface area contributed by atoms with Gasteiger partial charge in [-0.25, -0.2) is 8.42 Å². The monoisotopic (exact) mass is 350 g/mol. The predicted octanol–water partition coefficient (Wildman–Crippen LogP) is 2.42. The molecule has 7 heteroatoms. The first-order valence-corrected chi connectivity index (χ1v) is 8.98. The van der Waals surface area contributed by atoms with E-state index >= 15 is 0 Å². The Balaban J connectivity index is 1.78. The van der Waals surface area contributed by atoms with E-state index in [1.807, 2.05) is 30.3 Å². The van der Waals surface area contributed by atoms with Gasteiger partial charge in [-0.2, -0.15) is 4.72 Å². The van der Waals surface area contributed by atoms with Crippen LogP contribution in [0.25, 0.3) is 0 Å². The molecular weight excluding hydrogens is 336 g/mol. The first kappa shape index (κ1) is 16.0. The zero-order chi connectivity index (χ0) is 16.4. The SMILES string of the molecule is O=C1[C@H](NS(=O)(=O)c2cccc(Cl)c2)CCN1c1ccccc1. The summed E-state index contributed by atoms with van der Waals surface area (Å²) in [6, 6.07) is 14.4. The molecule has 0 spiro atoms. The molecule has 2 aromatic carbocycles. The van der Waals surface area contributed by atoms with E-state index in [-0.39, 0.29) is 10.8 Å². The van der Waals surface area contributed by atoms with Gasteiger partial charge in [0.05, 0.1) is 4.90 Å². The Bertz CT molecular complexity index is 824. The van der Waals surface area contributed by atoms with Crippen molar-refractivity contribution in [2.75, 3.05) is 11.4 Å². The van der Waals surface area contributed by atoms with Crippen LogP contribution in [0.4, 0.5) is 5.69 Å². The van der Waals surface area contributed by atoms with Crippen LogP contribution in [-0.4, -0.2) is 26.9 Å². The average molecular weight is 351 g/mol. The Morgan fingerprint density at radius 2 is 1.83 bits per heavy atom. The molecule has 1 amide bonds. The van der Waals surface area contributed by atoms with Crippen molar-refractivity contribution in [1.82, 2.24) is 4.72 Å². The Morgan fingerprint density at radius 1 is 1.09 bits per heavy atom. The standard InChI is InChI=1S/C16H15ClN2O3S/c17-12-5-4-8-14(11-12)23(21,22)18-15-9-10-19(16(15)20)13-6-2-1-3-7-13/h1-8,11,15,18H,9-10H2/t15-/m1/s1. The van der Waals surface area contributed by atoms with Gasteiger partial charge < -0.3 is 4.90 Å². The molecule has 1 heterocycles. The van der Waals surface area contributed by atoms with Crippen molar-refractivity contribution in [2.24, 2.45) is 0 Å². The van der Waals surface area contributed by atoms with E-state index in [9.17, 15) is 13.2 Å². The van der Waals surface area contributed by atoms with Crippen LogP contribution in [0.1, 0.15) is 6.42 Å². The number of sulfonamides is 1. The average Bonchev–Trinajstić information content (AvgIpc) is 2.89. The Kier molecular flexibility index (Phi) is 4.39. The van der Waals surface area contributed by atoms with Gasteiger partial charge in [0.25, 0.3) is 0 Å². The molecule has 120 valence electrons. The second kappa shape index (κ2) is 6.31. The highest BCUT2D eigenvalue weighted by atomic mass is 35.5. The Labute approximate surface area is 139 Å². The highest BCUT2D eigenvalue weighted by molar-refractivity contribution is 7.89. The minimum atomic E-state index is -3.79. The topological polar surface area (TPSA) is 66.5 Å². The molecule has 3 rings (SSSR count). The molecule has 0 bridgehead atoms. The third-order valence-corrected chi connectivity index (χ3v) is 5.38. The van der Waals surface area contributed by atoms with Crippen LogP contribution >= 0.6 is 11.6 Å². The summed E-state index contributed by atoms with van der Waals surface area (Å²) >= 11 is 5.83. The molecule has 1 aliphatic rings. The number of para-hydroxylation sites is 1. The second-order valence-electron chi connectivity index (χ2n) is 5.25. The quantitative estimate of drug-likeness (QED) is 0.920. The Hall–Kier alpha value is -1.89. The number of benzene rings is 2. The Morgan fingerprint density at radius 3 is 2.52 bits per heavy atom. The largest absolute Gasteiger partial charge is 0.311 e. The van der Waals surface area contributed by atoms with Gasteiger partial charge >= 0.3 is 0 Å². The zero-order valence-electron chi connectivity index (χ0n) is 12.1. The third-order valence-electron chi connectivity index (χ3n) is 3.68. The molecule has 0 aliphatic carbocycles. The van der Waals surface area contributed by atoms with E-state index in [0.29, 0.717) is 18.0 Å². The van der Waals surface area contributed by atoms with E-state index in [4.69, 9.17) is 11.6 Å². The smallest absolute Gasteiger partial charge is 0.245 e. The van der Waals surface area contributed by atoms with Crippen molar-refractivity contribution in [3.8, 4) is 0 Å². The number of hydrogen-bond donors (Lipinski definition) is 1. The number of carbonyl (C=O) groups excluding carboxylic acids is 1. The van der Waals surface area contributed by atoms with Crippen molar-refractivity contribution in [2.45, 2.75) is 17.4 Å². The summed E-state index contributed by atoms with van der Waals surface area (Å²) in [6.45, 7) is 0.478. The summed E-state index contributed by atoms with van der Waals surface area (Å²) in [5.74, 6) is -0.248. The number of amides is 1. The number of hydrogen-bond acceptors (Lipinski definition) is 3. The first-order chi connectivity index (χ1) is 11.0. The van der Waals surface area contributed by atoms with Gasteiger partial charge in [-0.1, -0.05) is 35.9 Å². The third kappa shape index (κ3) is 3.39. The van der Waals surface area contributed by atoms with Gasteiger partial charge in [-0.05, 0) is 36.8 Å². The first-order valence-electron chi connectivity index (χ1n) is 7.12. The van der Waals surface area contributed by atoms with Gasteiger partial charge in [-0.3, -0.25) is 4.79 Å². The summed E-state index contributed by atoms with van der Waals surface area (Å²) in [6.07, 6.45) is 0.424. The molecule has 0 aromatic heterocycles. The fourth-order valence-corrected chi connectivity index (χ4v) is 4.07. The molecule has 0 radical (unpaired) electrons. The lowest BCUT2D eigenvalue weighted by atomic mass is 10.3. The number of nitrogens with zero attached hydrogens (tertiary/aromatic N) is 1. The van der Waals surface area contributed by atoms with Crippen LogP contribution in [0.15, 0.2) is 59.5 Å². The normalized spacial score (nSPS) is 18.4. The summed E-state index contributed by atoms with van der Waals surface area (Å²) < 4.78 is 27.2. The number of rotatable bonds is 4. The van der Waals surface area contributed by atoms with Gasteiger partial charge in [0.2, 0.25) is 15.9 Å². The summed E-state index contributed by atoms with van der Waals surface area (Å²) in [4.78, 5) is 14.1. The summed E-state index contributed by atoms with van der Waals surface area (Å²) in [7, 11) is -3.79. The number of nitrogens with one attached hydrogen (secondary N) is 1. The van der Waals surface area contributed by atoms with Crippen molar-refractivity contribution in [3.63, 3.8) is 0 Å². The van der Waals surface area contributed by atoms with E-state index < -0.39 is 16.1 Å². The lowest BCUT2D eigenvalue weighted by Crippen LogP contribution is -2.41. The lowest BCUT2D eigenvalue weighted by Gasteiger charge is -2.17. The lowest BCUT2D eigenvalue weighted by molar-refractivity contribution is -0.118. The highest BCUT2D eigenvalue weighted by Crippen LogP contribution is 2.23. The van der Waals surface area contributed by atoms with E-state index in [0.717, 1.165) is 5.69 Å². The number of halogens is 1. The molecular formula is C16H15ClN2O3S. The highest BCUT2D eigenvalue weighted by Gasteiger charge is 2.35. The molecule has 1 fully saturated rings. The van der Waals surface area contributed by atoms with Crippen LogP contribution in [-0.2, 0) is 14.8 Å². The zero-order valence-corrected chi connectivity index (χ0v) is 13.7. The minimum absolute atomic E-state index is 0.0518. The molecule has 1 N–H and O–H groups in total. The van der Waals surface area contributed by atoms with Gasteiger partial charge in [0, 0.05) is 17.3 Å². The van der Waals surface area contributed by atoms with Crippen LogP contribution in [0.5, 0.6) is 0 Å². The summed E-state index contributed by atoms with van der Waals surface area (Å²) in [5, 5.41) is 0.330. The van der Waals surface area contributed by atoms with E-state index in [1.54, 1.807) is 17.0 Å². The maximum absolute atomic E-state index is 12.5. The van der Waals surface area contributed by atoms with Crippen molar-refractivity contribution < 1.29 is 13.2 Å². The molecule has 2 aromatic rings.